The number of halogens is 1. The Hall–Kier alpha value is -1.14. The molecule has 0 saturated carbocycles. The van der Waals surface area contributed by atoms with Crippen LogP contribution in [0.2, 0.25) is 0 Å². The number of rotatable bonds is 6. The predicted octanol–water partition coefficient (Wildman–Crippen LogP) is 3.57. The van der Waals surface area contributed by atoms with Crippen LogP contribution in [0.3, 0.4) is 0 Å². The summed E-state index contributed by atoms with van der Waals surface area (Å²) < 4.78 is 0.652. The van der Waals surface area contributed by atoms with E-state index in [0.29, 0.717) is 22.5 Å². The monoisotopic (exact) mass is 330 g/mol. The van der Waals surface area contributed by atoms with E-state index >= 15 is 0 Å². The van der Waals surface area contributed by atoms with Gasteiger partial charge in [0.05, 0.1) is 10.5 Å². The number of nitro groups is 1. The second-order valence-electron chi connectivity index (χ2n) is 5.37. The molecule has 6 heteroatoms. The molecule has 0 aliphatic carbocycles. The fourth-order valence-corrected chi connectivity index (χ4v) is 2.39. The van der Waals surface area contributed by atoms with E-state index < -0.39 is 10.5 Å². The molecule has 2 N–H and O–H groups in total. The zero-order valence-electron chi connectivity index (χ0n) is 11.3. The lowest BCUT2D eigenvalue weighted by molar-refractivity contribution is -0.384. The minimum Gasteiger partial charge on any atom is -0.388 e. The zero-order chi connectivity index (χ0) is 14.6. The molecule has 0 aliphatic rings. The number of hydrogen-bond donors (Lipinski definition) is 2. The van der Waals surface area contributed by atoms with Crippen molar-refractivity contribution in [2.24, 2.45) is 5.92 Å². The first-order chi connectivity index (χ1) is 8.71. The molecule has 19 heavy (non-hydrogen) atoms. The van der Waals surface area contributed by atoms with Gasteiger partial charge in [0, 0.05) is 17.1 Å². The van der Waals surface area contributed by atoms with Gasteiger partial charge < -0.3 is 10.4 Å². The SMILES string of the molecule is CC(C)CC(C)(O)CNc1ccc(Br)cc1[N+](=O)[O-]. The minimum absolute atomic E-state index is 0.00489. The van der Waals surface area contributed by atoms with Crippen molar-refractivity contribution in [3.8, 4) is 0 Å². The Kier molecular flexibility index (Phi) is 5.31. The molecule has 5 nitrogen and oxygen atoms in total. The number of benzene rings is 1. The molecular formula is C13H19BrN2O3. The van der Waals surface area contributed by atoms with E-state index in [-0.39, 0.29) is 12.2 Å². The third-order valence-electron chi connectivity index (χ3n) is 2.66. The second-order valence-corrected chi connectivity index (χ2v) is 6.28. The third kappa shape index (κ3) is 5.16. The van der Waals surface area contributed by atoms with Gasteiger partial charge in [0.25, 0.3) is 5.69 Å². The van der Waals surface area contributed by atoms with Crippen LogP contribution in [-0.4, -0.2) is 22.2 Å². The molecule has 0 spiro atoms. The van der Waals surface area contributed by atoms with Gasteiger partial charge in [-0.05, 0) is 31.4 Å². The number of hydrogen-bond acceptors (Lipinski definition) is 4. The van der Waals surface area contributed by atoms with E-state index in [1.54, 1.807) is 19.1 Å². The summed E-state index contributed by atoms with van der Waals surface area (Å²) in [5.41, 5.74) is -0.485. The Labute approximate surface area is 121 Å². The fourth-order valence-electron chi connectivity index (χ4n) is 2.04. The van der Waals surface area contributed by atoms with Crippen LogP contribution >= 0.6 is 15.9 Å². The topological polar surface area (TPSA) is 75.4 Å². The number of anilines is 1. The van der Waals surface area contributed by atoms with Crippen LogP contribution in [0.15, 0.2) is 22.7 Å². The van der Waals surface area contributed by atoms with Crippen LogP contribution in [0.1, 0.15) is 27.2 Å². The van der Waals surface area contributed by atoms with Crippen molar-refractivity contribution < 1.29 is 10.0 Å². The number of nitrogens with zero attached hydrogens (tertiary/aromatic N) is 1. The Balaban J connectivity index is 2.80. The van der Waals surface area contributed by atoms with Crippen LogP contribution in [0, 0.1) is 16.0 Å². The third-order valence-corrected chi connectivity index (χ3v) is 3.16. The highest BCUT2D eigenvalue weighted by Crippen LogP contribution is 2.28. The number of nitrogens with one attached hydrogen (secondary N) is 1. The maximum absolute atomic E-state index is 11.0. The van der Waals surface area contributed by atoms with Gasteiger partial charge in [-0.3, -0.25) is 10.1 Å². The minimum atomic E-state index is -0.894. The molecular weight excluding hydrogens is 312 g/mol. The lowest BCUT2D eigenvalue weighted by Gasteiger charge is -2.26. The summed E-state index contributed by atoms with van der Waals surface area (Å²) in [6, 6.07) is 4.81. The molecule has 106 valence electrons. The van der Waals surface area contributed by atoms with Crippen LogP contribution in [0.4, 0.5) is 11.4 Å². The largest absolute Gasteiger partial charge is 0.388 e. The molecule has 1 aromatic rings. The molecule has 0 amide bonds. The van der Waals surface area contributed by atoms with Crippen molar-refractivity contribution in [2.75, 3.05) is 11.9 Å². The van der Waals surface area contributed by atoms with Gasteiger partial charge in [-0.15, -0.1) is 0 Å². The van der Waals surface area contributed by atoms with Gasteiger partial charge >= 0.3 is 0 Å². The highest BCUT2D eigenvalue weighted by atomic mass is 79.9. The predicted molar refractivity (Wildman–Crippen MR) is 79.4 cm³/mol. The van der Waals surface area contributed by atoms with E-state index in [1.165, 1.54) is 6.07 Å². The van der Waals surface area contributed by atoms with Crippen LogP contribution in [0.5, 0.6) is 0 Å². The smallest absolute Gasteiger partial charge is 0.293 e. The van der Waals surface area contributed by atoms with Crippen molar-refractivity contribution in [1.29, 1.82) is 0 Å². The van der Waals surface area contributed by atoms with E-state index in [9.17, 15) is 15.2 Å². The zero-order valence-corrected chi connectivity index (χ0v) is 12.9. The van der Waals surface area contributed by atoms with Gasteiger partial charge in [0.1, 0.15) is 5.69 Å². The maximum atomic E-state index is 11.0. The molecule has 1 unspecified atom stereocenters. The van der Waals surface area contributed by atoms with Gasteiger partial charge in [0.15, 0.2) is 0 Å². The van der Waals surface area contributed by atoms with Crippen LogP contribution in [-0.2, 0) is 0 Å². The molecule has 0 saturated heterocycles. The molecule has 0 fully saturated rings. The van der Waals surface area contributed by atoms with E-state index in [0.717, 1.165) is 0 Å². The Morgan fingerprint density at radius 1 is 1.53 bits per heavy atom. The molecule has 1 atom stereocenters. The molecule has 0 radical (unpaired) electrons. The molecule has 0 bridgehead atoms. The van der Waals surface area contributed by atoms with Gasteiger partial charge in [-0.25, -0.2) is 0 Å². The standard InChI is InChI=1S/C13H19BrN2O3/c1-9(2)7-13(3,17)8-15-11-5-4-10(14)6-12(11)16(18)19/h4-6,9,15,17H,7-8H2,1-3H3. The lowest BCUT2D eigenvalue weighted by Crippen LogP contribution is -2.35. The Morgan fingerprint density at radius 2 is 2.16 bits per heavy atom. The van der Waals surface area contributed by atoms with Gasteiger partial charge in [0.2, 0.25) is 0 Å². The fraction of sp³-hybridized carbons (Fsp3) is 0.538. The first kappa shape index (κ1) is 15.9. The van der Waals surface area contributed by atoms with Crippen molar-refractivity contribution in [3.63, 3.8) is 0 Å². The highest BCUT2D eigenvalue weighted by Gasteiger charge is 2.23. The van der Waals surface area contributed by atoms with Gasteiger partial charge in [-0.1, -0.05) is 29.8 Å². The summed E-state index contributed by atoms with van der Waals surface area (Å²) in [5.74, 6) is 0.358. The molecule has 0 aliphatic heterocycles. The molecule has 0 aromatic heterocycles. The molecule has 1 rings (SSSR count). The Bertz CT molecular complexity index is 461. The van der Waals surface area contributed by atoms with E-state index in [1.807, 2.05) is 13.8 Å². The second kappa shape index (κ2) is 6.34. The van der Waals surface area contributed by atoms with Crippen molar-refractivity contribution in [1.82, 2.24) is 0 Å². The summed E-state index contributed by atoms with van der Waals surface area (Å²) >= 11 is 3.21. The highest BCUT2D eigenvalue weighted by molar-refractivity contribution is 9.10. The van der Waals surface area contributed by atoms with Crippen molar-refractivity contribution in [3.05, 3.63) is 32.8 Å². The van der Waals surface area contributed by atoms with Gasteiger partial charge in [-0.2, -0.15) is 0 Å². The van der Waals surface area contributed by atoms with E-state index in [4.69, 9.17) is 0 Å². The normalized spacial score (nSPS) is 14.2. The van der Waals surface area contributed by atoms with Crippen molar-refractivity contribution in [2.45, 2.75) is 32.8 Å². The average Bonchev–Trinajstić information content (AvgIpc) is 2.25. The van der Waals surface area contributed by atoms with Crippen molar-refractivity contribution >= 4 is 27.3 Å². The molecule has 1 aromatic carbocycles. The average molecular weight is 331 g/mol. The Morgan fingerprint density at radius 3 is 2.68 bits per heavy atom. The summed E-state index contributed by atoms with van der Waals surface area (Å²) in [6.07, 6.45) is 0.629. The summed E-state index contributed by atoms with van der Waals surface area (Å²) in [5, 5.41) is 24.1. The quantitative estimate of drug-likeness (QED) is 0.617. The molecule has 0 heterocycles. The summed E-state index contributed by atoms with van der Waals surface area (Å²) in [6.45, 7) is 6.05. The lowest BCUT2D eigenvalue weighted by atomic mass is 9.94. The maximum Gasteiger partial charge on any atom is 0.293 e. The summed E-state index contributed by atoms with van der Waals surface area (Å²) in [4.78, 5) is 10.5. The van der Waals surface area contributed by atoms with Crippen LogP contribution in [0.25, 0.3) is 0 Å². The van der Waals surface area contributed by atoms with Crippen LogP contribution < -0.4 is 5.32 Å². The first-order valence-electron chi connectivity index (χ1n) is 6.11. The van der Waals surface area contributed by atoms with E-state index in [2.05, 4.69) is 21.2 Å². The summed E-state index contributed by atoms with van der Waals surface area (Å²) in [7, 11) is 0. The first-order valence-corrected chi connectivity index (χ1v) is 6.91. The number of nitro benzene ring substituents is 1. The number of aliphatic hydroxyl groups is 1.